The number of hydrogen-bond acceptors (Lipinski definition) is 3. The molecule has 0 spiro atoms. The molecule has 118 valence electrons. The van der Waals surface area contributed by atoms with E-state index in [1.54, 1.807) is 8.61 Å². The minimum Gasteiger partial charge on any atom is -0.317 e. The van der Waals surface area contributed by atoms with Gasteiger partial charge in [0.15, 0.2) is 0 Å². The standard InChI is InChI=1S/C14H29N3O2S/c1-3-15-11-14-6-9-16(10-7-14)20(18,19)17-8-4-5-13(2)12-17/h13-15H,3-12H2,1-2H3. The van der Waals surface area contributed by atoms with Crippen LogP contribution in [0.4, 0.5) is 0 Å². The van der Waals surface area contributed by atoms with Gasteiger partial charge in [0.2, 0.25) is 0 Å². The van der Waals surface area contributed by atoms with Crippen LogP contribution in [0.15, 0.2) is 0 Å². The van der Waals surface area contributed by atoms with E-state index >= 15 is 0 Å². The molecule has 0 aromatic heterocycles. The molecule has 1 unspecified atom stereocenters. The summed E-state index contributed by atoms with van der Waals surface area (Å²) in [7, 11) is -3.22. The second kappa shape index (κ2) is 7.20. The number of piperidine rings is 2. The fourth-order valence-electron chi connectivity index (χ4n) is 3.21. The lowest BCUT2D eigenvalue weighted by Gasteiger charge is -2.37. The second-order valence-electron chi connectivity index (χ2n) is 6.26. The summed E-state index contributed by atoms with van der Waals surface area (Å²) in [4.78, 5) is 0. The molecule has 0 bridgehead atoms. The number of nitrogens with one attached hydrogen (secondary N) is 1. The summed E-state index contributed by atoms with van der Waals surface area (Å²) < 4.78 is 28.7. The first-order valence-electron chi connectivity index (χ1n) is 8.00. The summed E-state index contributed by atoms with van der Waals surface area (Å²) >= 11 is 0. The molecule has 0 aliphatic carbocycles. The molecule has 2 fully saturated rings. The highest BCUT2D eigenvalue weighted by Gasteiger charge is 2.34. The Morgan fingerprint density at radius 3 is 2.40 bits per heavy atom. The zero-order valence-corrected chi connectivity index (χ0v) is 13.7. The first-order chi connectivity index (χ1) is 9.54. The molecule has 0 saturated carbocycles. The van der Waals surface area contributed by atoms with Crippen LogP contribution < -0.4 is 5.32 Å². The van der Waals surface area contributed by atoms with E-state index < -0.39 is 10.2 Å². The molecule has 20 heavy (non-hydrogen) atoms. The molecule has 0 radical (unpaired) electrons. The average Bonchev–Trinajstić information content (AvgIpc) is 2.45. The summed E-state index contributed by atoms with van der Waals surface area (Å²) in [5, 5.41) is 3.36. The van der Waals surface area contributed by atoms with E-state index in [1.807, 2.05) is 0 Å². The SMILES string of the molecule is CCNCC1CCN(S(=O)(=O)N2CCCC(C)C2)CC1. The van der Waals surface area contributed by atoms with Gasteiger partial charge < -0.3 is 5.32 Å². The van der Waals surface area contributed by atoms with Gasteiger partial charge in [0, 0.05) is 26.2 Å². The van der Waals surface area contributed by atoms with Crippen molar-refractivity contribution in [2.45, 2.75) is 39.5 Å². The first-order valence-corrected chi connectivity index (χ1v) is 9.39. The van der Waals surface area contributed by atoms with Crippen LogP contribution in [0.3, 0.4) is 0 Å². The van der Waals surface area contributed by atoms with Crippen LogP contribution in [0.5, 0.6) is 0 Å². The lowest BCUT2D eigenvalue weighted by atomic mass is 9.98. The number of hydrogen-bond donors (Lipinski definition) is 1. The maximum atomic E-state index is 12.6. The van der Waals surface area contributed by atoms with Gasteiger partial charge in [-0.05, 0) is 50.6 Å². The first kappa shape index (κ1) is 16.2. The maximum absolute atomic E-state index is 12.6. The van der Waals surface area contributed by atoms with Gasteiger partial charge in [0.05, 0.1) is 0 Å². The highest BCUT2D eigenvalue weighted by atomic mass is 32.2. The quantitative estimate of drug-likeness (QED) is 0.832. The Morgan fingerprint density at radius 1 is 1.10 bits per heavy atom. The highest BCUT2D eigenvalue weighted by Crippen LogP contribution is 2.24. The topological polar surface area (TPSA) is 52.7 Å². The molecule has 0 aromatic carbocycles. The number of rotatable bonds is 5. The van der Waals surface area contributed by atoms with Crippen molar-refractivity contribution < 1.29 is 8.42 Å². The van der Waals surface area contributed by atoms with E-state index in [4.69, 9.17) is 0 Å². The van der Waals surface area contributed by atoms with Gasteiger partial charge in [-0.3, -0.25) is 0 Å². The van der Waals surface area contributed by atoms with Crippen LogP contribution in [-0.2, 0) is 10.2 Å². The van der Waals surface area contributed by atoms with Gasteiger partial charge in [-0.2, -0.15) is 17.0 Å². The molecule has 1 atom stereocenters. The molecule has 0 aromatic rings. The molecule has 2 aliphatic rings. The summed E-state index contributed by atoms with van der Waals surface area (Å²) in [5.74, 6) is 1.12. The molecular formula is C14H29N3O2S. The fourth-order valence-corrected chi connectivity index (χ4v) is 5.01. The van der Waals surface area contributed by atoms with Gasteiger partial charge in [0.25, 0.3) is 10.2 Å². The number of nitrogens with zero attached hydrogens (tertiary/aromatic N) is 2. The lowest BCUT2D eigenvalue weighted by Crippen LogP contribution is -2.50. The minimum absolute atomic E-state index is 0.491. The third kappa shape index (κ3) is 3.93. The summed E-state index contributed by atoms with van der Waals surface area (Å²) in [6.07, 6.45) is 4.11. The molecule has 2 heterocycles. The maximum Gasteiger partial charge on any atom is 0.281 e. The Bertz CT molecular complexity index is 391. The average molecular weight is 303 g/mol. The van der Waals surface area contributed by atoms with E-state index in [1.165, 1.54) is 0 Å². The largest absolute Gasteiger partial charge is 0.317 e. The van der Waals surface area contributed by atoms with Crippen molar-refractivity contribution in [3.05, 3.63) is 0 Å². The van der Waals surface area contributed by atoms with E-state index in [-0.39, 0.29) is 0 Å². The predicted octanol–water partition coefficient (Wildman–Crippen LogP) is 1.28. The van der Waals surface area contributed by atoms with Gasteiger partial charge in [-0.1, -0.05) is 13.8 Å². The predicted molar refractivity (Wildman–Crippen MR) is 81.7 cm³/mol. The van der Waals surface area contributed by atoms with Crippen LogP contribution in [0.25, 0.3) is 0 Å². The summed E-state index contributed by atoms with van der Waals surface area (Å²) in [5.41, 5.74) is 0. The van der Waals surface area contributed by atoms with E-state index in [0.29, 0.717) is 38.0 Å². The van der Waals surface area contributed by atoms with E-state index in [2.05, 4.69) is 19.2 Å². The Morgan fingerprint density at radius 2 is 1.80 bits per heavy atom. The van der Waals surface area contributed by atoms with Gasteiger partial charge in [-0.15, -0.1) is 0 Å². The van der Waals surface area contributed by atoms with Gasteiger partial charge in [-0.25, -0.2) is 0 Å². The molecule has 2 saturated heterocycles. The minimum atomic E-state index is -3.22. The second-order valence-corrected chi connectivity index (χ2v) is 8.19. The third-order valence-electron chi connectivity index (χ3n) is 4.53. The zero-order chi connectivity index (χ0) is 14.6. The van der Waals surface area contributed by atoms with Crippen molar-refractivity contribution in [3.8, 4) is 0 Å². The molecule has 6 heteroatoms. The summed E-state index contributed by atoms with van der Waals surface area (Å²) in [6, 6.07) is 0. The molecule has 2 aliphatic heterocycles. The van der Waals surface area contributed by atoms with E-state index in [9.17, 15) is 8.42 Å². The molecule has 0 amide bonds. The van der Waals surface area contributed by atoms with Crippen molar-refractivity contribution >= 4 is 10.2 Å². The zero-order valence-electron chi connectivity index (χ0n) is 12.8. The molecule has 5 nitrogen and oxygen atoms in total. The van der Waals surface area contributed by atoms with Gasteiger partial charge in [0.1, 0.15) is 0 Å². The molecule has 1 N–H and O–H groups in total. The van der Waals surface area contributed by atoms with Crippen molar-refractivity contribution in [1.82, 2.24) is 13.9 Å². The van der Waals surface area contributed by atoms with Gasteiger partial charge >= 0.3 is 0 Å². The van der Waals surface area contributed by atoms with Crippen molar-refractivity contribution in [1.29, 1.82) is 0 Å². The molecule has 2 rings (SSSR count). The third-order valence-corrected chi connectivity index (χ3v) is 6.53. The van der Waals surface area contributed by atoms with Crippen LogP contribution in [0.1, 0.15) is 39.5 Å². The monoisotopic (exact) mass is 303 g/mol. The Balaban J connectivity index is 1.88. The van der Waals surface area contributed by atoms with Crippen molar-refractivity contribution in [2.75, 3.05) is 39.3 Å². The van der Waals surface area contributed by atoms with Crippen molar-refractivity contribution in [3.63, 3.8) is 0 Å². The van der Waals surface area contributed by atoms with Crippen LogP contribution in [-0.4, -0.2) is 56.3 Å². The normalized spacial score (nSPS) is 27.8. The van der Waals surface area contributed by atoms with Crippen LogP contribution in [0, 0.1) is 11.8 Å². The van der Waals surface area contributed by atoms with Crippen LogP contribution >= 0.6 is 0 Å². The Kier molecular flexibility index (Phi) is 5.84. The highest BCUT2D eigenvalue weighted by molar-refractivity contribution is 7.86. The van der Waals surface area contributed by atoms with Crippen molar-refractivity contribution in [2.24, 2.45) is 11.8 Å². The summed E-state index contributed by atoms with van der Waals surface area (Å²) in [6.45, 7) is 9.02. The molecular weight excluding hydrogens is 274 g/mol. The van der Waals surface area contributed by atoms with E-state index in [0.717, 1.165) is 38.8 Å². The Hall–Kier alpha value is -0.170. The fraction of sp³-hybridized carbons (Fsp3) is 1.00. The smallest absolute Gasteiger partial charge is 0.281 e. The lowest BCUT2D eigenvalue weighted by molar-refractivity contribution is 0.226. The Labute approximate surface area is 123 Å². The van der Waals surface area contributed by atoms with Crippen LogP contribution in [0.2, 0.25) is 0 Å².